The van der Waals surface area contributed by atoms with Gasteiger partial charge < -0.3 is 4.57 Å². The zero-order valence-corrected chi connectivity index (χ0v) is 13.5. The summed E-state index contributed by atoms with van der Waals surface area (Å²) in [5.74, 6) is 0. The monoisotopic (exact) mass is 343 g/mol. The van der Waals surface area contributed by atoms with E-state index in [-0.39, 0.29) is 16.5 Å². The average Bonchev–Trinajstić information content (AvgIpc) is 2.76. The van der Waals surface area contributed by atoms with Crippen LogP contribution in [0.15, 0.2) is 35.2 Å². The van der Waals surface area contributed by atoms with Crippen molar-refractivity contribution in [1.82, 2.24) is 9.29 Å². The van der Waals surface area contributed by atoms with Crippen LogP contribution in [0.4, 0.5) is 5.69 Å². The molecule has 0 amide bonds. The molecule has 0 unspecified atom stereocenters. The van der Waals surface area contributed by atoms with Crippen molar-refractivity contribution in [3.8, 4) is 0 Å². The fourth-order valence-electron chi connectivity index (χ4n) is 1.90. The highest BCUT2D eigenvalue weighted by molar-refractivity contribution is 7.89. The van der Waals surface area contributed by atoms with Crippen molar-refractivity contribution in [2.45, 2.75) is 18.4 Å². The highest BCUT2D eigenvalue weighted by atomic mass is 35.5. The van der Waals surface area contributed by atoms with Crippen LogP contribution in [0.25, 0.3) is 0 Å². The first-order chi connectivity index (χ1) is 10.2. The number of benzene rings is 1. The first kappa shape index (κ1) is 16.5. The maximum absolute atomic E-state index is 12.2. The van der Waals surface area contributed by atoms with Crippen LogP contribution in [-0.2, 0) is 23.6 Å². The number of halogens is 1. The molecule has 1 heterocycles. The Balaban J connectivity index is 2.25. The number of nitrogens with one attached hydrogen (secondary N) is 1. The molecule has 118 valence electrons. The van der Waals surface area contributed by atoms with Gasteiger partial charge in [-0.05, 0) is 31.2 Å². The molecule has 0 atom stereocenters. The van der Waals surface area contributed by atoms with Gasteiger partial charge in [0.25, 0.3) is 5.69 Å². The molecule has 2 rings (SSSR count). The Morgan fingerprint density at radius 1 is 1.32 bits per heavy atom. The minimum absolute atomic E-state index is 0.0864. The van der Waals surface area contributed by atoms with Crippen LogP contribution in [0, 0.1) is 17.0 Å². The quantitative estimate of drug-likeness (QED) is 0.666. The number of hydrogen-bond donors (Lipinski definition) is 1. The van der Waals surface area contributed by atoms with E-state index >= 15 is 0 Å². The molecule has 0 aliphatic carbocycles. The molecule has 0 aliphatic rings. The van der Waals surface area contributed by atoms with Gasteiger partial charge in [0.15, 0.2) is 0 Å². The fourth-order valence-corrected chi connectivity index (χ4v) is 3.10. The molecule has 1 aromatic heterocycles. The Bertz CT molecular complexity index is 830. The van der Waals surface area contributed by atoms with Gasteiger partial charge in [0.05, 0.1) is 16.4 Å². The predicted molar refractivity (Wildman–Crippen MR) is 82.3 cm³/mol. The van der Waals surface area contributed by atoms with Crippen molar-refractivity contribution >= 4 is 27.3 Å². The van der Waals surface area contributed by atoms with Gasteiger partial charge in [-0.15, -0.1) is 0 Å². The molecule has 22 heavy (non-hydrogen) atoms. The Morgan fingerprint density at radius 3 is 2.55 bits per heavy atom. The third-order valence-electron chi connectivity index (χ3n) is 3.34. The summed E-state index contributed by atoms with van der Waals surface area (Å²) in [6.07, 6.45) is 0. The summed E-state index contributed by atoms with van der Waals surface area (Å²) in [6.45, 7) is 1.99. The molecule has 0 saturated heterocycles. The summed E-state index contributed by atoms with van der Waals surface area (Å²) >= 11 is 5.68. The molecular weight excluding hydrogens is 330 g/mol. The number of nitro groups is 1. The first-order valence-corrected chi connectivity index (χ1v) is 8.13. The molecule has 0 spiro atoms. The van der Waals surface area contributed by atoms with Crippen molar-refractivity contribution in [3.63, 3.8) is 0 Å². The molecule has 0 fully saturated rings. The van der Waals surface area contributed by atoms with E-state index in [1.54, 1.807) is 0 Å². The minimum atomic E-state index is -3.87. The summed E-state index contributed by atoms with van der Waals surface area (Å²) in [4.78, 5) is 9.91. The van der Waals surface area contributed by atoms with Crippen LogP contribution in [0.2, 0.25) is 5.02 Å². The molecule has 9 heteroatoms. The van der Waals surface area contributed by atoms with Crippen molar-refractivity contribution in [3.05, 3.63) is 56.9 Å². The van der Waals surface area contributed by atoms with Crippen LogP contribution >= 0.6 is 11.6 Å². The highest BCUT2D eigenvalue weighted by Gasteiger charge is 2.20. The molecule has 7 nitrogen and oxygen atoms in total. The highest BCUT2D eigenvalue weighted by Crippen LogP contribution is 2.27. The first-order valence-electron chi connectivity index (χ1n) is 6.27. The Labute approximate surface area is 132 Å². The van der Waals surface area contributed by atoms with Gasteiger partial charge in [0.1, 0.15) is 5.02 Å². The van der Waals surface area contributed by atoms with Gasteiger partial charge in [-0.3, -0.25) is 10.1 Å². The van der Waals surface area contributed by atoms with Crippen molar-refractivity contribution < 1.29 is 13.3 Å². The van der Waals surface area contributed by atoms with Gasteiger partial charge in [0, 0.05) is 24.5 Å². The van der Waals surface area contributed by atoms with Crippen molar-refractivity contribution in [1.29, 1.82) is 0 Å². The molecular formula is C13H14ClN3O4S. The number of rotatable bonds is 5. The normalized spacial score (nSPS) is 11.6. The molecule has 0 saturated carbocycles. The molecule has 0 radical (unpaired) electrons. The zero-order valence-electron chi connectivity index (χ0n) is 11.9. The summed E-state index contributed by atoms with van der Waals surface area (Å²) in [5.41, 5.74) is 1.33. The van der Waals surface area contributed by atoms with Gasteiger partial charge in [-0.25, -0.2) is 13.1 Å². The largest absolute Gasteiger partial charge is 0.351 e. The lowest BCUT2D eigenvalue weighted by Crippen LogP contribution is -2.24. The lowest BCUT2D eigenvalue weighted by atomic mass is 10.3. The molecule has 0 bridgehead atoms. The number of aromatic nitrogens is 1. The predicted octanol–water partition coefficient (Wildman–Crippen LogP) is 2.37. The Kier molecular flexibility index (Phi) is 4.55. The third kappa shape index (κ3) is 3.29. The van der Waals surface area contributed by atoms with Crippen LogP contribution in [0.1, 0.15) is 11.4 Å². The maximum Gasteiger partial charge on any atom is 0.289 e. The summed E-state index contributed by atoms with van der Waals surface area (Å²) in [7, 11) is -2.04. The van der Waals surface area contributed by atoms with Crippen molar-refractivity contribution in [2.24, 2.45) is 7.05 Å². The molecule has 1 N–H and O–H groups in total. The zero-order chi connectivity index (χ0) is 16.5. The van der Waals surface area contributed by atoms with E-state index in [1.165, 1.54) is 12.1 Å². The van der Waals surface area contributed by atoms with Crippen molar-refractivity contribution in [2.75, 3.05) is 0 Å². The summed E-state index contributed by atoms with van der Waals surface area (Å²) in [6, 6.07) is 7.05. The average molecular weight is 344 g/mol. The third-order valence-corrected chi connectivity index (χ3v) is 5.06. The van der Waals surface area contributed by atoms with E-state index in [1.807, 2.05) is 30.7 Å². The van der Waals surface area contributed by atoms with Crippen LogP contribution in [0.3, 0.4) is 0 Å². The second-order valence-corrected chi connectivity index (χ2v) is 6.89. The van der Waals surface area contributed by atoms with E-state index in [9.17, 15) is 18.5 Å². The smallest absolute Gasteiger partial charge is 0.289 e. The van der Waals surface area contributed by atoms with Gasteiger partial charge in [-0.2, -0.15) is 0 Å². The molecule has 0 aliphatic heterocycles. The number of hydrogen-bond acceptors (Lipinski definition) is 4. The second kappa shape index (κ2) is 6.07. The second-order valence-electron chi connectivity index (χ2n) is 4.72. The van der Waals surface area contributed by atoms with Gasteiger partial charge in [-0.1, -0.05) is 11.6 Å². The topological polar surface area (TPSA) is 94.2 Å². The Morgan fingerprint density at radius 2 is 2.00 bits per heavy atom. The molecule has 1 aromatic carbocycles. The van der Waals surface area contributed by atoms with E-state index < -0.39 is 20.6 Å². The van der Waals surface area contributed by atoms with Crippen LogP contribution < -0.4 is 4.72 Å². The summed E-state index contributed by atoms with van der Waals surface area (Å²) in [5, 5.41) is 10.7. The SMILES string of the molecule is Cc1ccc(CNS(=O)(=O)c2ccc(Cl)c([N+](=O)[O-])c2)n1C. The van der Waals surface area contributed by atoms with E-state index in [0.717, 1.165) is 17.5 Å². The van der Waals surface area contributed by atoms with Crippen LogP contribution in [-0.4, -0.2) is 17.9 Å². The maximum atomic E-state index is 12.2. The Hall–Kier alpha value is -1.90. The van der Waals surface area contributed by atoms with Gasteiger partial charge >= 0.3 is 0 Å². The standard InChI is InChI=1S/C13H14ClN3O4S/c1-9-3-4-10(16(9)2)8-15-22(20,21)11-5-6-12(14)13(7-11)17(18)19/h3-7,15H,8H2,1-2H3. The van der Waals surface area contributed by atoms with E-state index in [4.69, 9.17) is 11.6 Å². The lowest BCUT2D eigenvalue weighted by Gasteiger charge is -2.09. The fraction of sp³-hybridized carbons (Fsp3) is 0.231. The van der Waals surface area contributed by atoms with E-state index in [0.29, 0.717) is 0 Å². The molecule has 2 aromatic rings. The van der Waals surface area contributed by atoms with E-state index in [2.05, 4.69) is 4.72 Å². The van der Waals surface area contributed by atoms with Crippen LogP contribution in [0.5, 0.6) is 0 Å². The number of sulfonamides is 1. The number of nitrogens with zero attached hydrogens (tertiary/aromatic N) is 2. The van der Waals surface area contributed by atoms with Gasteiger partial charge in [0.2, 0.25) is 10.0 Å². The number of aryl methyl sites for hydroxylation is 1. The number of nitro benzene ring substituents is 1. The summed E-state index contributed by atoms with van der Waals surface area (Å²) < 4.78 is 28.7. The minimum Gasteiger partial charge on any atom is -0.351 e. The lowest BCUT2D eigenvalue weighted by molar-refractivity contribution is -0.384.